The molecule has 7 heteroatoms. The van der Waals surface area contributed by atoms with Gasteiger partial charge in [0.15, 0.2) is 0 Å². The van der Waals surface area contributed by atoms with Crippen LogP contribution in [0, 0.1) is 20.8 Å². The highest BCUT2D eigenvalue weighted by Gasteiger charge is 2.23. The first kappa shape index (κ1) is 24.1. The molecule has 6 nitrogen and oxygen atoms in total. The molecule has 3 aromatic rings. The number of benzene rings is 2. The van der Waals surface area contributed by atoms with Gasteiger partial charge in [0.2, 0.25) is 0 Å². The van der Waals surface area contributed by atoms with Crippen molar-refractivity contribution < 1.29 is 4.79 Å². The van der Waals surface area contributed by atoms with E-state index < -0.39 is 0 Å². The zero-order valence-corrected chi connectivity index (χ0v) is 21.3. The van der Waals surface area contributed by atoms with Crippen LogP contribution in [0.2, 0.25) is 0 Å². The molecule has 0 bridgehead atoms. The normalized spacial score (nSPS) is 14.1. The minimum atomic E-state index is -0.0475. The summed E-state index contributed by atoms with van der Waals surface area (Å²) in [6.07, 6.45) is 3.74. The predicted octanol–water partition coefficient (Wildman–Crippen LogP) is 5.46. The van der Waals surface area contributed by atoms with Crippen molar-refractivity contribution in [3.8, 4) is 0 Å². The number of carbonyl (C=O) groups is 1. The molecule has 4 rings (SSSR count). The van der Waals surface area contributed by atoms with Crippen LogP contribution in [0.5, 0.6) is 0 Å². The van der Waals surface area contributed by atoms with Crippen molar-refractivity contribution in [3.05, 3.63) is 76.7 Å². The van der Waals surface area contributed by atoms with Crippen LogP contribution in [0.15, 0.2) is 53.4 Å². The molecule has 1 aromatic heterocycles. The number of rotatable bonds is 5. The number of nitrogens with zero attached hydrogens (tertiary/aromatic N) is 4. The van der Waals surface area contributed by atoms with Gasteiger partial charge < -0.3 is 15.1 Å². The van der Waals surface area contributed by atoms with Gasteiger partial charge in [-0.05, 0) is 63.3 Å². The summed E-state index contributed by atoms with van der Waals surface area (Å²) in [6, 6.07) is 16.6. The van der Waals surface area contributed by atoms with E-state index in [1.807, 2.05) is 42.3 Å². The molecule has 2 heterocycles. The Hall–Kier alpha value is -3.06. The molecular formula is C27H33N5OS. The highest BCUT2D eigenvalue weighted by molar-refractivity contribution is 7.98. The van der Waals surface area contributed by atoms with Gasteiger partial charge in [-0.2, -0.15) is 0 Å². The smallest absolute Gasteiger partial charge is 0.321 e. The highest BCUT2D eigenvalue weighted by Crippen LogP contribution is 2.26. The topological polar surface area (TPSA) is 61.4 Å². The Morgan fingerprint density at radius 1 is 0.941 bits per heavy atom. The predicted molar refractivity (Wildman–Crippen MR) is 141 cm³/mol. The quantitative estimate of drug-likeness (QED) is 0.497. The van der Waals surface area contributed by atoms with E-state index in [-0.39, 0.29) is 6.03 Å². The van der Waals surface area contributed by atoms with E-state index in [4.69, 9.17) is 4.98 Å². The number of hydrogen-bond donors (Lipinski definition) is 1. The zero-order chi connectivity index (χ0) is 24.1. The summed E-state index contributed by atoms with van der Waals surface area (Å²) in [6.45, 7) is 9.11. The Kier molecular flexibility index (Phi) is 7.73. The maximum absolute atomic E-state index is 12.9. The van der Waals surface area contributed by atoms with E-state index in [1.54, 1.807) is 11.8 Å². The summed E-state index contributed by atoms with van der Waals surface area (Å²) in [7, 11) is 0. The third-order valence-electron chi connectivity index (χ3n) is 6.23. The molecule has 34 heavy (non-hydrogen) atoms. The first-order chi connectivity index (χ1) is 16.4. The minimum Gasteiger partial charge on any atom is -0.354 e. The molecule has 1 saturated heterocycles. The Morgan fingerprint density at radius 2 is 1.68 bits per heavy atom. The van der Waals surface area contributed by atoms with Crippen molar-refractivity contribution in [1.82, 2.24) is 14.9 Å². The Balaban J connectivity index is 1.47. The van der Waals surface area contributed by atoms with E-state index in [0.29, 0.717) is 6.54 Å². The van der Waals surface area contributed by atoms with E-state index in [0.717, 1.165) is 55.5 Å². The first-order valence-corrected chi connectivity index (χ1v) is 13.0. The van der Waals surface area contributed by atoms with E-state index in [1.165, 1.54) is 21.6 Å². The fourth-order valence-electron chi connectivity index (χ4n) is 4.31. The van der Waals surface area contributed by atoms with Gasteiger partial charge in [-0.25, -0.2) is 14.8 Å². The van der Waals surface area contributed by atoms with Crippen LogP contribution in [0.1, 0.15) is 34.6 Å². The molecule has 2 aromatic carbocycles. The number of amides is 2. The van der Waals surface area contributed by atoms with Crippen LogP contribution in [0.4, 0.5) is 16.3 Å². The second-order valence-electron chi connectivity index (χ2n) is 8.81. The van der Waals surface area contributed by atoms with Gasteiger partial charge in [-0.1, -0.05) is 29.8 Å². The molecule has 1 aliphatic heterocycles. The van der Waals surface area contributed by atoms with Crippen LogP contribution < -0.4 is 10.2 Å². The van der Waals surface area contributed by atoms with E-state index >= 15 is 0 Å². The van der Waals surface area contributed by atoms with Crippen LogP contribution in [0.3, 0.4) is 0 Å². The van der Waals surface area contributed by atoms with Crippen molar-refractivity contribution in [2.24, 2.45) is 0 Å². The molecule has 0 radical (unpaired) electrons. The average Bonchev–Trinajstić information content (AvgIpc) is 3.09. The second kappa shape index (κ2) is 10.9. The molecule has 1 aliphatic rings. The van der Waals surface area contributed by atoms with Gasteiger partial charge >= 0.3 is 6.03 Å². The van der Waals surface area contributed by atoms with E-state index in [9.17, 15) is 4.79 Å². The van der Waals surface area contributed by atoms with Crippen molar-refractivity contribution in [1.29, 1.82) is 0 Å². The summed E-state index contributed by atoms with van der Waals surface area (Å²) in [4.78, 5) is 27.9. The molecule has 0 unspecified atom stereocenters. The average molecular weight is 476 g/mol. The van der Waals surface area contributed by atoms with Crippen molar-refractivity contribution in [2.75, 3.05) is 42.7 Å². The zero-order valence-electron chi connectivity index (χ0n) is 20.5. The Labute approximate surface area is 206 Å². The maximum atomic E-state index is 12.9. The number of aromatic nitrogens is 2. The number of aryl methyl sites for hydroxylation is 3. The molecule has 0 saturated carbocycles. The van der Waals surface area contributed by atoms with Gasteiger partial charge in [0.05, 0.1) is 0 Å². The van der Waals surface area contributed by atoms with Gasteiger partial charge in [0.25, 0.3) is 0 Å². The number of urea groups is 1. The Morgan fingerprint density at radius 3 is 2.38 bits per heavy atom. The van der Waals surface area contributed by atoms with Crippen LogP contribution >= 0.6 is 11.8 Å². The van der Waals surface area contributed by atoms with E-state index in [2.05, 4.69) is 53.3 Å². The minimum absolute atomic E-state index is 0.0475. The molecule has 2 amide bonds. The molecule has 178 valence electrons. The lowest BCUT2D eigenvalue weighted by Crippen LogP contribution is -2.38. The fourth-order valence-corrected chi connectivity index (χ4v) is 4.71. The molecule has 0 atom stereocenters. The molecular weight excluding hydrogens is 442 g/mol. The van der Waals surface area contributed by atoms with Crippen molar-refractivity contribution >= 4 is 29.3 Å². The van der Waals surface area contributed by atoms with Crippen molar-refractivity contribution in [3.63, 3.8) is 0 Å². The van der Waals surface area contributed by atoms with Crippen LogP contribution in [-0.4, -0.2) is 53.3 Å². The summed E-state index contributed by atoms with van der Waals surface area (Å²) < 4.78 is 0. The second-order valence-corrected chi connectivity index (χ2v) is 9.69. The lowest BCUT2D eigenvalue weighted by Gasteiger charge is -2.26. The van der Waals surface area contributed by atoms with Crippen LogP contribution in [0.25, 0.3) is 0 Å². The standard InChI is InChI=1S/C27H33N5OS/c1-19-6-8-22(9-7-19)18-25-20(2)28-21(3)29-26(25)31-14-5-15-32(17-16-31)27(33)30-23-10-12-24(34-4)13-11-23/h6-13H,5,14-18H2,1-4H3,(H,30,33). The number of carbonyl (C=O) groups excluding carboxylic acids is 1. The maximum Gasteiger partial charge on any atom is 0.321 e. The van der Waals surface area contributed by atoms with Crippen molar-refractivity contribution in [2.45, 2.75) is 38.5 Å². The lowest BCUT2D eigenvalue weighted by molar-refractivity contribution is 0.215. The summed E-state index contributed by atoms with van der Waals surface area (Å²) in [5.74, 6) is 1.79. The lowest BCUT2D eigenvalue weighted by atomic mass is 10.0. The molecule has 1 N–H and O–H groups in total. The third kappa shape index (κ3) is 5.89. The monoisotopic (exact) mass is 475 g/mol. The summed E-state index contributed by atoms with van der Waals surface area (Å²) in [5.41, 5.74) is 5.53. The molecule has 0 aliphatic carbocycles. The first-order valence-electron chi connectivity index (χ1n) is 11.8. The highest BCUT2D eigenvalue weighted by atomic mass is 32.2. The number of hydrogen-bond acceptors (Lipinski definition) is 5. The van der Waals surface area contributed by atoms with Gasteiger partial charge in [-0.15, -0.1) is 11.8 Å². The third-order valence-corrected chi connectivity index (χ3v) is 6.97. The number of anilines is 2. The largest absolute Gasteiger partial charge is 0.354 e. The fraction of sp³-hybridized carbons (Fsp3) is 0.370. The number of nitrogens with one attached hydrogen (secondary N) is 1. The molecule has 1 fully saturated rings. The molecule has 0 spiro atoms. The SMILES string of the molecule is CSc1ccc(NC(=O)N2CCCN(c3nc(C)nc(C)c3Cc3ccc(C)cc3)CC2)cc1. The number of thioether (sulfide) groups is 1. The Bertz CT molecular complexity index is 1130. The van der Waals surface area contributed by atoms with Gasteiger partial charge in [0.1, 0.15) is 11.6 Å². The summed E-state index contributed by atoms with van der Waals surface area (Å²) >= 11 is 1.69. The summed E-state index contributed by atoms with van der Waals surface area (Å²) in [5, 5.41) is 3.05. The van der Waals surface area contributed by atoms with Gasteiger partial charge in [0, 0.05) is 54.4 Å². The van der Waals surface area contributed by atoms with Crippen LogP contribution in [-0.2, 0) is 6.42 Å². The van der Waals surface area contributed by atoms with Gasteiger partial charge in [-0.3, -0.25) is 0 Å².